The van der Waals surface area contributed by atoms with Gasteiger partial charge in [-0.1, -0.05) is 48.5 Å². The number of anilines is 1. The molecule has 3 N–H and O–H groups in total. The van der Waals surface area contributed by atoms with Crippen LogP contribution in [0.2, 0.25) is 0 Å². The number of H-pyrrole nitrogens is 1. The fourth-order valence-electron chi connectivity index (χ4n) is 3.50. The highest BCUT2D eigenvalue weighted by Gasteiger charge is 2.15. The summed E-state index contributed by atoms with van der Waals surface area (Å²) in [5.41, 5.74) is 3.93. The maximum absolute atomic E-state index is 12.7. The summed E-state index contributed by atoms with van der Waals surface area (Å²) >= 11 is 0. The number of aryl methyl sites for hydroxylation is 1. The predicted molar refractivity (Wildman–Crippen MR) is 120 cm³/mol. The van der Waals surface area contributed by atoms with Crippen molar-refractivity contribution in [2.45, 2.75) is 20.0 Å². The van der Waals surface area contributed by atoms with Crippen LogP contribution in [0.25, 0.3) is 10.9 Å². The van der Waals surface area contributed by atoms with Crippen LogP contribution in [0.15, 0.2) is 72.9 Å². The second-order valence-corrected chi connectivity index (χ2v) is 7.35. The van der Waals surface area contributed by atoms with Crippen LogP contribution in [0.4, 0.5) is 5.69 Å². The number of carbonyl (C=O) groups excluding carboxylic acids is 1. The molecule has 1 aromatic heterocycles. The van der Waals surface area contributed by atoms with Crippen molar-refractivity contribution in [3.05, 3.63) is 95.2 Å². The van der Waals surface area contributed by atoms with Gasteiger partial charge >= 0.3 is 5.97 Å². The first-order valence-corrected chi connectivity index (χ1v) is 9.91. The lowest BCUT2D eigenvalue weighted by Gasteiger charge is -2.10. The van der Waals surface area contributed by atoms with Crippen molar-refractivity contribution in [3.63, 3.8) is 0 Å². The number of carboxylic acids is 1. The molecule has 0 fully saturated rings. The number of fused-ring (bicyclic) bond motifs is 1. The van der Waals surface area contributed by atoms with Gasteiger partial charge in [0.25, 0.3) is 0 Å². The van der Waals surface area contributed by atoms with Gasteiger partial charge in [-0.15, -0.1) is 0 Å². The molecule has 0 aliphatic carbocycles. The van der Waals surface area contributed by atoms with E-state index < -0.39 is 5.97 Å². The summed E-state index contributed by atoms with van der Waals surface area (Å²) in [4.78, 5) is 27.3. The number of aromatic nitrogens is 1. The summed E-state index contributed by atoms with van der Waals surface area (Å²) in [7, 11) is 0. The number of para-hydroxylation sites is 1. The van der Waals surface area contributed by atoms with Gasteiger partial charge in [0.2, 0.25) is 5.91 Å². The summed E-state index contributed by atoms with van der Waals surface area (Å²) < 4.78 is 5.98. The first-order valence-electron chi connectivity index (χ1n) is 9.91. The summed E-state index contributed by atoms with van der Waals surface area (Å²) in [5, 5.41) is 13.0. The van der Waals surface area contributed by atoms with Crippen molar-refractivity contribution in [1.82, 2.24) is 4.98 Å². The molecule has 0 bridgehead atoms. The Morgan fingerprint density at radius 3 is 2.61 bits per heavy atom. The van der Waals surface area contributed by atoms with E-state index in [1.165, 1.54) is 6.07 Å². The number of hydrogen-bond acceptors (Lipinski definition) is 3. The second kappa shape index (κ2) is 8.75. The third-order valence-electron chi connectivity index (χ3n) is 5.03. The van der Waals surface area contributed by atoms with E-state index in [2.05, 4.69) is 10.3 Å². The molecule has 4 aromatic rings. The molecule has 0 atom stereocenters. The molecule has 6 heteroatoms. The van der Waals surface area contributed by atoms with Gasteiger partial charge in [-0.2, -0.15) is 0 Å². The Kier molecular flexibility index (Phi) is 5.71. The maximum atomic E-state index is 12.7. The number of nitrogens with one attached hydrogen (secondary N) is 2. The normalized spacial score (nSPS) is 10.7. The Balaban J connectivity index is 1.51. The molecule has 4 rings (SSSR count). The van der Waals surface area contributed by atoms with Crippen molar-refractivity contribution in [1.29, 1.82) is 0 Å². The zero-order valence-electron chi connectivity index (χ0n) is 17.0. The lowest BCUT2D eigenvalue weighted by molar-refractivity contribution is -0.115. The van der Waals surface area contributed by atoms with Gasteiger partial charge in [-0.05, 0) is 41.8 Å². The lowest BCUT2D eigenvalue weighted by atomic mass is 10.1. The molecule has 0 saturated carbocycles. The van der Waals surface area contributed by atoms with E-state index in [1.54, 1.807) is 18.3 Å². The SMILES string of the molecule is Cc1ccc(C(=O)O)c(NC(=O)Cc2c[nH]c3c(OCc4ccccc4)cccc23)c1. The topological polar surface area (TPSA) is 91.4 Å². The van der Waals surface area contributed by atoms with E-state index in [0.29, 0.717) is 18.0 Å². The Morgan fingerprint density at radius 2 is 1.84 bits per heavy atom. The van der Waals surface area contributed by atoms with Crippen LogP contribution >= 0.6 is 0 Å². The minimum absolute atomic E-state index is 0.0643. The number of rotatable bonds is 7. The standard InChI is InChI=1S/C25H22N2O4/c1-16-10-11-20(25(29)30)21(12-16)27-23(28)13-18-14-26-24-19(18)8-5-9-22(24)31-15-17-6-3-2-4-7-17/h2-12,14,26H,13,15H2,1H3,(H,27,28)(H,29,30). The van der Waals surface area contributed by atoms with Crippen LogP contribution in [0.1, 0.15) is 27.0 Å². The maximum Gasteiger partial charge on any atom is 0.337 e. The Morgan fingerprint density at radius 1 is 1.03 bits per heavy atom. The number of carbonyl (C=O) groups is 2. The van der Waals surface area contributed by atoms with Gasteiger partial charge in [0.05, 0.1) is 23.2 Å². The molecule has 6 nitrogen and oxygen atoms in total. The summed E-state index contributed by atoms with van der Waals surface area (Å²) in [6, 6.07) is 20.5. The number of hydrogen-bond donors (Lipinski definition) is 3. The molecule has 1 heterocycles. The van der Waals surface area contributed by atoms with Gasteiger partial charge < -0.3 is 20.1 Å². The van der Waals surface area contributed by atoms with Gasteiger partial charge in [-0.25, -0.2) is 4.79 Å². The van der Waals surface area contributed by atoms with Gasteiger partial charge in [0.1, 0.15) is 12.4 Å². The van der Waals surface area contributed by atoms with Gasteiger partial charge in [-0.3, -0.25) is 4.79 Å². The van der Waals surface area contributed by atoms with E-state index in [-0.39, 0.29) is 17.9 Å². The Labute approximate surface area is 179 Å². The third-order valence-corrected chi connectivity index (χ3v) is 5.03. The van der Waals surface area contributed by atoms with E-state index in [0.717, 1.165) is 27.6 Å². The number of aromatic amines is 1. The van der Waals surface area contributed by atoms with Crippen molar-refractivity contribution in [3.8, 4) is 5.75 Å². The number of aromatic carboxylic acids is 1. The minimum atomic E-state index is -1.08. The first-order chi connectivity index (χ1) is 15.0. The van der Waals surface area contributed by atoms with Crippen molar-refractivity contribution >= 4 is 28.5 Å². The average molecular weight is 414 g/mol. The van der Waals surface area contributed by atoms with Crippen LogP contribution in [0.3, 0.4) is 0 Å². The zero-order chi connectivity index (χ0) is 21.8. The molecule has 1 amide bonds. The molecule has 0 unspecified atom stereocenters. The molecule has 0 aliphatic heterocycles. The number of amides is 1. The van der Waals surface area contributed by atoms with Crippen molar-refractivity contribution in [2.75, 3.05) is 5.32 Å². The fraction of sp³-hybridized carbons (Fsp3) is 0.120. The zero-order valence-corrected chi connectivity index (χ0v) is 17.0. The minimum Gasteiger partial charge on any atom is -0.487 e. The molecular formula is C25H22N2O4. The monoisotopic (exact) mass is 414 g/mol. The molecule has 31 heavy (non-hydrogen) atoms. The molecule has 0 spiro atoms. The van der Waals surface area contributed by atoms with E-state index >= 15 is 0 Å². The summed E-state index contributed by atoms with van der Waals surface area (Å²) in [6.45, 7) is 2.29. The van der Waals surface area contributed by atoms with Crippen LogP contribution in [0.5, 0.6) is 5.75 Å². The summed E-state index contributed by atoms with van der Waals surface area (Å²) in [5.74, 6) is -0.660. The second-order valence-electron chi connectivity index (χ2n) is 7.35. The lowest BCUT2D eigenvalue weighted by Crippen LogP contribution is -2.16. The van der Waals surface area contributed by atoms with E-state index in [9.17, 15) is 14.7 Å². The average Bonchev–Trinajstić information content (AvgIpc) is 3.16. The van der Waals surface area contributed by atoms with Gasteiger partial charge in [0.15, 0.2) is 0 Å². The molecule has 156 valence electrons. The highest BCUT2D eigenvalue weighted by Crippen LogP contribution is 2.28. The Hall–Kier alpha value is -4.06. The van der Waals surface area contributed by atoms with Crippen LogP contribution in [-0.2, 0) is 17.8 Å². The van der Waals surface area contributed by atoms with Crippen molar-refractivity contribution in [2.24, 2.45) is 0 Å². The van der Waals surface area contributed by atoms with Crippen LogP contribution in [-0.4, -0.2) is 22.0 Å². The number of carboxylic acid groups (broad SMARTS) is 1. The van der Waals surface area contributed by atoms with Crippen LogP contribution in [0, 0.1) is 6.92 Å². The third kappa shape index (κ3) is 4.59. The fourth-order valence-corrected chi connectivity index (χ4v) is 3.50. The molecule has 0 aliphatic rings. The summed E-state index contributed by atoms with van der Waals surface area (Å²) in [6.07, 6.45) is 1.89. The molecule has 3 aromatic carbocycles. The van der Waals surface area contributed by atoms with E-state index in [1.807, 2.05) is 55.5 Å². The predicted octanol–water partition coefficient (Wildman–Crippen LogP) is 4.93. The van der Waals surface area contributed by atoms with Crippen molar-refractivity contribution < 1.29 is 19.4 Å². The number of benzene rings is 3. The smallest absolute Gasteiger partial charge is 0.337 e. The quantitative estimate of drug-likeness (QED) is 0.400. The van der Waals surface area contributed by atoms with Gasteiger partial charge in [0, 0.05) is 11.6 Å². The van der Waals surface area contributed by atoms with Crippen LogP contribution < -0.4 is 10.1 Å². The first kappa shape index (κ1) is 20.2. The molecular weight excluding hydrogens is 392 g/mol. The highest BCUT2D eigenvalue weighted by molar-refractivity contribution is 6.02. The molecule has 0 saturated heterocycles. The largest absolute Gasteiger partial charge is 0.487 e. The highest BCUT2D eigenvalue weighted by atomic mass is 16.5. The van der Waals surface area contributed by atoms with E-state index in [4.69, 9.17) is 4.74 Å². The Bertz CT molecular complexity index is 1250. The number of ether oxygens (including phenoxy) is 1. The molecule has 0 radical (unpaired) electrons.